The van der Waals surface area contributed by atoms with Crippen LogP contribution >= 0.6 is 11.3 Å². The van der Waals surface area contributed by atoms with Crippen molar-refractivity contribution in [1.82, 2.24) is 9.80 Å². The fraction of sp³-hybridized carbons (Fsp3) is 0.400. The molecule has 2 aliphatic heterocycles. The number of para-hydroxylation sites is 1. The summed E-state index contributed by atoms with van der Waals surface area (Å²) in [6.45, 7) is 1.95. The largest absolute Gasteiger partial charge is 0.496 e. The zero-order chi connectivity index (χ0) is 20.8. The number of ketones is 1. The number of nitrogens with zero attached hydrogens (tertiary/aromatic N) is 2. The van der Waals surface area contributed by atoms with Gasteiger partial charge in [0.15, 0.2) is 0 Å². The summed E-state index contributed by atoms with van der Waals surface area (Å²) in [4.78, 5) is 27.9. The summed E-state index contributed by atoms with van der Waals surface area (Å²) in [5, 5.41) is 0. The number of hydrogen-bond acceptors (Lipinski definition) is 5. The third-order valence-electron chi connectivity index (χ3n) is 5.48. The Bertz CT molecular complexity index is 943. The molecule has 2 bridgehead atoms. The van der Waals surface area contributed by atoms with Crippen LogP contribution in [0, 0.1) is 0 Å². The minimum atomic E-state index is -4.93. The van der Waals surface area contributed by atoms with Gasteiger partial charge in [-0.2, -0.15) is 13.2 Å². The number of carbonyl (C=O) groups excluding carboxylic acids is 2. The minimum Gasteiger partial charge on any atom is -0.496 e. The Morgan fingerprint density at radius 2 is 1.83 bits per heavy atom. The Kier molecular flexibility index (Phi) is 5.12. The van der Waals surface area contributed by atoms with Crippen LogP contribution in [0.2, 0.25) is 0 Å². The van der Waals surface area contributed by atoms with Crippen LogP contribution in [0.5, 0.6) is 5.75 Å². The summed E-state index contributed by atoms with van der Waals surface area (Å²) in [7, 11) is 1.63. The van der Waals surface area contributed by atoms with E-state index in [1.807, 2.05) is 24.3 Å². The van der Waals surface area contributed by atoms with Gasteiger partial charge in [0.25, 0.3) is 11.7 Å². The normalized spacial score (nSPS) is 21.6. The number of likely N-dealkylation sites (tertiary alicyclic amines) is 2. The molecule has 0 saturated carbocycles. The summed E-state index contributed by atoms with van der Waals surface area (Å²) in [6.07, 6.45) is -4.10. The molecule has 5 nitrogen and oxygen atoms in total. The third-order valence-corrected chi connectivity index (χ3v) is 6.55. The van der Waals surface area contributed by atoms with Crippen LogP contribution in [0.25, 0.3) is 0 Å². The van der Waals surface area contributed by atoms with Crippen molar-refractivity contribution in [3.8, 4) is 5.75 Å². The van der Waals surface area contributed by atoms with Gasteiger partial charge in [-0.1, -0.05) is 18.2 Å². The third kappa shape index (κ3) is 3.76. The fourth-order valence-electron chi connectivity index (χ4n) is 4.10. The quantitative estimate of drug-likeness (QED) is 0.689. The summed E-state index contributed by atoms with van der Waals surface area (Å²) in [5.41, 5.74) is 1.08. The lowest BCUT2D eigenvalue weighted by molar-refractivity contribution is -0.0882. The molecule has 0 spiro atoms. The predicted octanol–water partition coefficient (Wildman–Crippen LogP) is 3.60. The van der Waals surface area contributed by atoms with E-state index in [1.54, 1.807) is 12.0 Å². The Hall–Kier alpha value is -2.39. The Labute approximate surface area is 169 Å². The molecule has 0 N–H and O–H groups in total. The zero-order valence-electron chi connectivity index (χ0n) is 15.6. The fourth-order valence-corrected chi connectivity index (χ4v) is 5.02. The van der Waals surface area contributed by atoms with Crippen LogP contribution < -0.4 is 4.74 Å². The molecule has 2 atom stereocenters. The number of halogens is 3. The lowest BCUT2D eigenvalue weighted by Crippen LogP contribution is -2.48. The van der Waals surface area contributed by atoms with Gasteiger partial charge in [-0.05, 0) is 24.6 Å². The number of Topliss-reactive ketones (excluding diaryl/α,β-unsaturated/α-hetero) is 1. The number of amides is 1. The number of carbonyl (C=O) groups is 2. The van der Waals surface area contributed by atoms with Crippen molar-refractivity contribution < 1.29 is 27.5 Å². The summed E-state index contributed by atoms with van der Waals surface area (Å²) < 4.78 is 43.2. The van der Waals surface area contributed by atoms with Crippen molar-refractivity contribution in [3.05, 3.63) is 51.7 Å². The average molecular weight is 424 g/mol. The van der Waals surface area contributed by atoms with Crippen molar-refractivity contribution in [1.29, 1.82) is 0 Å². The van der Waals surface area contributed by atoms with Gasteiger partial charge in [0.1, 0.15) is 5.75 Å². The van der Waals surface area contributed by atoms with E-state index >= 15 is 0 Å². The molecule has 1 amide bonds. The standard InChI is InChI=1S/C20H19F3N2O3S/c1-28-15-5-3-2-4-12(15)9-24-10-14-8-13(24)11-25(14)19(27)17-7-6-16(29-17)18(26)20(21,22)23/h2-7,13-14H,8-11H2,1H3/t13-,14-/m0/s1. The van der Waals surface area contributed by atoms with Gasteiger partial charge in [0.05, 0.1) is 16.9 Å². The number of piperazine rings is 1. The van der Waals surface area contributed by atoms with E-state index < -0.39 is 16.8 Å². The highest BCUT2D eigenvalue weighted by atomic mass is 32.1. The molecule has 3 heterocycles. The summed E-state index contributed by atoms with van der Waals surface area (Å²) in [5.74, 6) is -1.39. The molecule has 9 heteroatoms. The minimum absolute atomic E-state index is 0.0195. The van der Waals surface area contributed by atoms with E-state index in [4.69, 9.17) is 4.74 Å². The van der Waals surface area contributed by atoms with E-state index in [0.29, 0.717) is 24.4 Å². The summed E-state index contributed by atoms with van der Waals surface area (Å²) >= 11 is 0.608. The van der Waals surface area contributed by atoms with Gasteiger partial charge in [-0.25, -0.2) is 0 Å². The van der Waals surface area contributed by atoms with E-state index in [2.05, 4.69) is 4.90 Å². The van der Waals surface area contributed by atoms with Gasteiger partial charge >= 0.3 is 6.18 Å². The van der Waals surface area contributed by atoms with Crippen molar-refractivity contribution in [3.63, 3.8) is 0 Å². The number of methoxy groups -OCH3 is 1. The molecule has 2 aliphatic rings. The molecule has 2 fully saturated rings. The monoisotopic (exact) mass is 424 g/mol. The van der Waals surface area contributed by atoms with E-state index in [0.717, 1.165) is 30.3 Å². The Balaban J connectivity index is 1.42. The number of fused-ring (bicyclic) bond motifs is 2. The maximum atomic E-state index is 12.8. The molecule has 1 aromatic carbocycles. The molecule has 4 rings (SSSR count). The first-order valence-corrected chi connectivity index (χ1v) is 9.98. The van der Waals surface area contributed by atoms with Crippen molar-refractivity contribution in [2.45, 2.75) is 31.2 Å². The molecule has 1 aromatic heterocycles. The number of rotatable bonds is 5. The molecule has 2 aromatic rings. The maximum absolute atomic E-state index is 12.8. The molecule has 154 valence electrons. The van der Waals surface area contributed by atoms with E-state index in [1.165, 1.54) is 6.07 Å². The smallest absolute Gasteiger partial charge is 0.455 e. The number of benzene rings is 1. The molecular weight excluding hydrogens is 405 g/mol. The van der Waals surface area contributed by atoms with Crippen molar-refractivity contribution in [2.24, 2.45) is 0 Å². The van der Waals surface area contributed by atoms with Crippen LogP contribution in [0.3, 0.4) is 0 Å². The number of ether oxygens (including phenoxy) is 1. The van der Waals surface area contributed by atoms with E-state index in [-0.39, 0.29) is 22.9 Å². The van der Waals surface area contributed by atoms with Crippen LogP contribution in [0.15, 0.2) is 36.4 Å². The number of alkyl halides is 3. The molecule has 0 unspecified atom stereocenters. The van der Waals surface area contributed by atoms with Crippen LogP contribution in [-0.4, -0.2) is 59.9 Å². The number of hydrogen-bond donors (Lipinski definition) is 0. The molecule has 29 heavy (non-hydrogen) atoms. The highest BCUT2D eigenvalue weighted by Crippen LogP contribution is 2.35. The SMILES string of the molecule is COc1ccccc1CN1C[C@@H]2C[C@H]1CN2C(=O)c1ccc(C(=O)C(F)(F)F)s1. The lowest BCUT2D eigenvalue weighted by Gasteiger charge is -2.34. The lowest BCUT2D eigenvalue weighted by atomic mass is 10.1. The second kappa shape index (κ2) is 7.46. The second-order valence-corrected chi connectivity index (χ2v) is 8.32. The maximum Gasteiger partial charge on any atom is 0.455 e. The zero-order valence-corrected chi connectivity index (χ0v) is 16.4. The molecular formula is C20H19F3N2O3S. The molecule has 0 radical (unpaired) electrons. The highest BCUT2D eigenvalue weighted by molar-refractivity contribution is 7.16. The first-order chi connectivity index (χ1) is 13.8. The number of thiophene rings is 1. The van der Waals surface area contributed by atoms with Crippen LogP contribution in [0.1, 0.15) is 31.3 Å². The van der Waals surface area contributed by atoms with Gasteiger partial charge in [-0.3, -0.25) is 14.5 Å². The van der Waals surface area contributed by atoms with Gasteiger partial charge < -0.3 is 9.64 Å². The highest BCUT2D eigenvalue weighted by Gasteiger charge is 2.46. The van der Waals surface area contributed by atoms with E-state index in [9.17, 15) is 22.8 Å². The first-order valence-electron chi connectivity index (χ1n) is 9.16. The molecule has 0 aliphatic carbocycles. The van der Waals surface area contributed by atoms with Crippen molar-refractivity contribution in [2.75, 3.05) is 20.2 Å². The van der Waals surface area contributed by atoms with Crippen LogP contribution in [0.4, 0.5) is 13.2 Å². The predicted molar refractivity (Wildman–Crippen MR) is 101 cm³/mol. The topological polar surface area (TPSA) is 49.9 Å². The van der Waals surface area contributed by atoms with Crippen LogP contribution in [-0.2, 0) is 6.54 Å². The molecule has 2 saturated heterocycles. The summed E-state index contributed by atoms with van der Waals surface area (Å²) in [6, 6.07) is 10.4. The Morgan fingerprint density at radius 1 is 1.10 bits per heavy atom. The average Bonchev–Trinajstić information content (AvgIpc) is 3.42. The van der Waals surface area contributed by atoms with Crippen molar-refractivity contribution >= 4 is 23.0 Å². The van der Waals surface area contributed by atoms with Gasteiger partial charge in [0.2, 0.25) is 0 Å². The Morgan fingerprint density at radius 3 is 2.48 bits per heavy atom. The van der Waals surface area contributed by atoms with Gasteiger partial charge in [0, 0.05) is 37.3 Å². The first kappa shape index (κ1) is 19.9. The van der Waals surface area contributed by atoms with Gasteiger partial charge in [-0.15, -0.1) is 11.3 Å². The second-order valence-electron chi connectivity index (χ2n) is 7.23.